The minimum absolute atomic E-state index is 0.155. The zero-order valence-corrected chi connectivity index (χ0v) is 38.2. The number of anilines is 1. The molecule has 19 heteroatoms. The van der Waals surface area contributed by atoms with E-state index in [1.807, 2.05) is 50.3 Å². The van der Waals surface area contributed by atoms with Gasteiger partial charge in [-0.25, -0.2) is 4.79 Å². The predicted molar refractivity (Wildman–Crippen MR) is 235 cm³/mol. The number of para-hydroxylation sites is 1. The van der Waals surface area contributed by atoms with Crippen molar-refractivity contribution < 1.29 is 65.9 Å². The number of rotatable bonds is 8. The highest BCUT2D eigenvalue weighted by Gasteiger charge is 2.81. The molecule has 10 atom stereocenters. The second-order valence-corrected chi connectivity index (χ2v) is 19.4. The molecule has 2 aromatic carbocycles. The van der Waals surface area contributed by atoms with E-state index in [0.717, 1.165) is 16.5 Å². The van der Waals surface area contributed by atoms with Crippen molar-refractivity contribution in [3.8, 4) is 5.75 Å². The first-order chi connectivity index (χ1) is 30.8. The van der Waals surface area contributed by atoms with Gasteiger partial charge in [0.05, 0.1) is 38.7 Å². The Morgan fingerprint density at radius 2 is 1.66 bits per heavy atom. The number of aromatic nitrogens is 1. The summed E-state index contributed by atoms with van der Waals surface area (Å²) in [6.45, 7) is 8.16. The largest absolute Gasteiger partial charge is 0.496 e. The highest BCUT2D eigenvalue weighted by molar-refractivity contribution is 7.79. The topological polar surface area (TPSA) is 246 Å². The molecule has 9 rings (SSSR count). The van der Waals surface area contributed by atoms with Crippen molar-refractivity contribution in [1.29, 1.82) is 0 Å². The van der Waals surface area contributed by atoms with Crippen LogP contribution in [-0.2, 0) is 61.0 Å². The molecule has 3 fully saturated rings. The van der Waals surface area contributed by atoms with Crippen LogP contribution in [0.25, 0.3) is 10.9 Å². The summed E-state index contributed by atoms with van der Waals surface area (Å²) < 4.78 is 55.3. The third-order valence-corrected chi connectivity index (χ3v) is 15.5. The third kappa shape index (κ3) is 6.90. The van der Waals surface area contributed by atoms with Crippen LogP contribution in [-0.4, -0.2) is 150 Å². The monoisotopic (exact) mass is 922 g/mol. The molecule has 5 N–H and O–H groups in total. The number of H-pyrrole nitrogens is 1. The van der Waals surface area contributed by atoms with E-state index in [1.54, 1.807) is 6.07 Å². The summed E-state index contributed by atoms with van der Waals surface area (Å²) in [5.74, 6) is -2.06. The molecule has 2 saturated heterocycles. The number of fused-ring (bicyclic) bond motifs is 6. The van der Waals surface area contributed by atoms with Gasteiger partial charge in [0.15, 0.2) is 6.10 Å². The number of methoxy groups -OCH3 is 3. The first-order valence-corrected chi connectivity index (χ1v) is 23.4. The molecule has 1 aromatic heterocycles. The number of carbonyl (C=O) groups excluding carboxylic acids is 4. The number of amides is 1. The number of benzene rings is 2. The van der Waals surface area contributed by atoms with Crippen molar-refractivity contribution in [2.75, 3.05) is 59.0 Å². The molecule has 18 nitrogen and oxygen atoms in total. The molecule has 6 aliphatic rings. The van der Waals surface area contributed by atoms with Crippen LogP contribution in [0.3, 0.4) is 0 Å². The van der Waals surface area contributed by atoms with E-state index in [1.165, 1.54) is 33.2 Å². The zero-order valence-electron chi connectivity index (χ0n) is 37.4. The van der Waals surface area contributed by atoms with Gasteiger partial charge in [-0.15, -0.1) is 0 Å². The normalized spacial score (nSPS) is 34.6. The Labute approximate surface area is 377 Å². The molecule has 352 valence electrons. The molecular weight excluding hydrogens is 865 g/mol. The fourth-order valence-corrected chi connectivity index (χ4v) is 13.4. The molecule has 1 amide bonds. The van der Waals surface area contributed by atoms with E-state index in [-0.39, 0.29) is 12.3 Å². The standard InChI is InChI=1S/C46H56N4O10.H2O4S/c1-7-42(55)22-28-23-45(40(53)58-5,36-30(14-18-48(24-28)25-42)29-12-9-10-13-33(29)47-36)32-20-31-34(21-35(32)57-4)50(26-51)38-44(31)16-19-49-17-11-15-43(8-2,37(44)49)39(60-27(3)52)46(38,56)41(54)59-6;1-5(2,3)4/h9-13,15,20-21,26,28,37-39,47,55-56H,7-8,14,16-19,22-25H2,1-6H3;(H2,1,2,3,4)/t28-,37+,38-,39+,42+,43-,44-,45+,46+;/m1./s1. The fourth-order valence-electron chi connectivity index (χ4n) is 13.4. The molecule has 2 bridgehead atoms. The Kier molecular flexibility index (Phi) is 11.8. The number of aromatic amines is 1. The number of nitrogens with zero attached hydrogens (tertiary/aromatic N) is 3. The van der Waals surface area contributed by atoms with E-state index in [0.29, 0.717) is 99.5 Å². The maximum atomic E-state index is 15.3. The molecule has 65 heavy (non-hydrogen) atoms. The summed E-state index contributed by atoms with van der Waals surface area (Å²) in [5, 5.41) is 26.3. The molecular formula is C46H58N4O14S. The molecule has 3 aromatic rings. The van der Waals surface area contributed by atoms with Crippen LogP contribution in [0.5, 0.6) is 5.75 Å². The number of aliphatic hydroxyl groups is 2. The van der Waals surface area contributed by atoms with Crippen LogP contribution >= 0.6 is 0 Å². The molecule has 1 unspecified atom stereocenters. The predicted octanol–water partition coefficient (Wildman–Crippen LogP) is 2.86. The van der Waals surface area contributed by atoms with E-state index in [2.05, 4.69) is 20.9 Å². The Hall–Kier alpha value is -4.89. The lowest BCUT2D eigenvalue weighted by atomic mass is 9.47. The highest BCUT2D eigenvalue weighted by Crippen LogP contribution is 2.68. The first kappa shape index (κ1) is 46.6. The summed E-state index contributed by atoms with van der Waals surface area (Å²) in [6, 6.07) is 9.97. The summed E-state index contributed by atoms with van der Waals surface area (Å²) in [5.41, 5.74) is -3.15. The lowest BCUT2D eigenvalue weighted by Crippen LogP contribution is -2.81. The van der Waals surface area contributed by atoms with E-state index in [4.69, 9.17) is 36.5 Å². The fraction of sp³-hybridized carbons (Fsp3) is 0.565. The van der Waals surface area contributed by atoms with Gasteiger partial charge in [-0.05, 0) is 74.2 Å². The minimum Gasteiger partial charge on any atom is -0.496 e. The van der Waals surface area contributed by atoms with Crippen molar-refractivity contribution in [1.82, 2.24) is 14.8 Å². The smallest absolute Gasteiger partial charge is 0.394 e. The van der Waals surface area contributed by atoms with Gasteiger partial charge in [-0.2, -0.15) is 8.42 Å². The summed E-state index contributed by atoms with van der Waals surface area (Å²) >= 11 is 0. The van der Waals surface area contributed by atoms with Crippen LogP contribution in [0.2, 0.25) is 0 Å². The van der Waals surface area contributed by atoms with Crippen molar-refractivity contribution >= 4 is 51.3 Å². The highest BCUT2D eigenvalue weighted by atomic mass is 32.3. The maximum absolute atomic E-state index is 15.3. The van der Waals surface area contributed by atoms with Gasteiger partial charge in [0.1, 0.15) is 11.2 Å². The minimum atomic E-state index is -4.67. The lowest BCUT2D eigenvalue weighted by Gasteiger charge is -2.63. The number of hydrogen-bond acceptors (Lipinski definition) is 14. The van der Waals surface area contributed by atoms with Crippen LogP contribution in [0, 0.1) is 11.3 Å². The van der Waals surface area contributed by atoms with Gasteiger partial charge in [-0.3, -0.25) is 33.3 Å². The number of ether oxygens (including phenoxy) is 4. The summed E-state index contributed by atoms with van der Waals surface area (Å²) in [6.07, 6.45) is 5.83. The van der Waals surface area contributed by atoms with Crippen LogP contribution in [0.1, 0.15) is 75.3 Å². The van der Waals surface area contributed by atoms with Crippen molar-refractivity contribution in [2.45, 2.75) is 99.5 Å². The molecule has 0 radical (unpaired) electrons. The van der Waals surface area contributed by atoms with Crippen molar-refractivity contribution in [2.24, 2.45) is 11.3 Å². The van der Waals surface area contributed by atoms with Gasteiger partial charge in [0.2, 0.25) is 12.0 Å². The summed E-state index contributed by atoms with van der Waals surface area (Å²) in [7, 11) is -0.577. The zero-order chi connectivity index (χ0) is 47.1. The molecule has 6 heterocycles. The van der Waals surface area contributed by atoms with Gasteiger partial charge in [0, 0.05) is 78.2 Å². The second kappa shape index (κ2) is 16.5. The lowest BCUT2D eigenvalue weighted by molar-refractivity contribution is -0.228. The number of esters is 3. The Bertz CT molecular complexity index is 2560. The van der Waals surface area contributed by atoms with Crippen LogP contribution in [0.15, 0.2) is 48.6 Å². The first-order valence-electron chi connectivity index (χ1n) is 22.0. The van der Waals surface area contributed by atoms with Crippen molar-refractivity contribution in [3.05, 3.63) is 70.9 Å². The molecule has 5 aliphatic heterocycles. The Balaban J connectivity index is 0.00000109. The number of nitrogens with one attached hydrogen (secondary N) is 1. The molecule has 1 aliphatic carbocycles. The molecule has 1 spiro atoms. The third-order valence-electron chi connectivity index (χ3n) is 15.5. The van der Waals surface area contributed by atoms with Gasteiger partial charge in [-0.1, -0.05) is 44.2 Å². The van der Waals surface area contributed by atoms with Gasteiger partial charge < -0.3 is 39.0 Å². The van der Waals surface area contributed by atoms with E-state index in [9.17, 15) is 24.6 Å². The number of piperidine rings is 1. The Morgan fingerprint density at radius 3 is 2.29 bits per heavy atom. The van der Waals surface area contributed by atoms with Crippen LogP contribution < -0.4 is 9.64 Å². The van der Waals surface area contributed by atoms with Crippen molar-refractivity contribution in [3.63, 3.8) is 0 Å². The van der Waals surface area contributed by atoms with Gasteiger partial charge in [0.25, 0.3) is 0 Å². The average molecular weight is 923 g/mol. The SMILES string of the molecule is CC[C@]1(O)C[C@H]2CN(CCc3c([nH]c4ccccc34)[C@@](C(=O)OC)(c3cc4c(cc3OC)N(C=O)[C@H]3[C@@](O)(C(=O)OC)[C@@H](OC(C)=O)[C@]5(CC)C=CCN6CC[C@]43[C@@H]65)C2)C1.O=S(=O)(O)O. The number of hydrogen-bond donors (Lipinski definition) is 5. The van der Waals surface area contributed by atoms with E-state index >= 15 is 4.79 Å². The van der Waals surface area contributed by atoms with Gasteiger partial charge >= 0.3 is 28.3 Å². The summed E-state index contributed by atoms with van der Waals surface area (Å²) in [4.78, 5) is 66.1. The number of carbonyl (C=O) groups is 4. The maximum Gasteiger partial charge on any atom is 0.394 e. The second-order valence-electron chi connectivity index (χ2n) is 18.6. The average Bonchev–Trinajstić information content (AvgIpc) is 3.95. The van der Waals surface area contributed by atoms with Crippen LogP contribution in [0.4, 0.5) is 5.69 Å². The van der Waals surface area contributed by atoms with E-state index < -0.39 is 73.9 Å². The quantitative estimate of drug-likeness (QED) is 0.0717. The molecule has 1 saturated carbocycles. The Morgan fingerprint density at radius 1 is 0.954 bits per heavy atom.